The van der Waals surface area contributed by atoms with Crippen LogP contribution in [0.3, 0.4) is 0 Å². The summed E-state index contributed by atoms with van der Waals surface area (Å²) in [6.45, 7) is 2.26. The van der Waals surface area contributed by atoms with Crippen LogP contribution in [0.25, 0.3) is 11.3 Å². The van der Waals surface area contributed by atoms with Crippen molar-refractivity contribution in [3.05, 3.63) is 89.1 Å². The number of nitrogens with zero attached hydrogens (tertiary/aromatic N) is 3. The number of nitriles is 1. The van der Waals surface area contributed by atoms with Gasteiger partial charge in [-0.3, -0.25) is 4.98 Å². The molecule has 2 heterocycles. The van der Waals surface area contributed by atoms with E-state index in [4.69, 9.17) is 10.00 Å². The molecule has 0 N–H and O–H groups in total. The number of halogens is 3. The van der Waals surface area contributed by atoms with Crippen molar-refractivity contribution >= 4 is 0 Å². The first-order valence-electron chi connectivity index (χ1n) is 11.2. The molecule has 0 aliphatic carbocycles. The third kappa shape index (κ3) is 5.46. The molecule has 176 valence electrons. The highest BCUT2D eigenvalue weighted by Crippen LogP contribution is 2.36. The van der Waals surface area contributed by atoms with Crippen LogP contribution in [0.4, 0.5) is 13.2 Å². The quantitative estimate of drug-likeness (QED) is 0.460. The highest BCUT2D eigenvalue weighted by atomic mass is 19.4. The van der Waals surface area contributed by atoms with Crippen LogP contribution >= 0.6 is 0 Å². The predicted molar refractivity (Wildman–Crippen MR) is 124 cm³/mol. The molecule has 34 heavy (non-hydrogen) atoms. The Morgan fingerprint density at radius 2 is 1.71 bits per heavy atom. The second kappa shape index (κ2) is 9.96. The Balaban J connectivity index is 1.57. The van der Waals surface area contributed by atoms with E-state index < -0.39 is 11.7 Å². The van der Waals surface area contributed by atoms with Crippen molar-refractivity contribution < 1.29 is 17.9 Å². The Morgan fingerprint density at radius 3 is 2.32 bits per heavy atom. The molecular formula is C27H26F3N3O. The maximum atomic E-state index is 13.6. The second-order valence-electron chi connectivity index (χ2n) is 8.86. The first-order valence-corrected chi connectivity index (χ1v) is 11.2. The molecule has 0 saturated carbocycles. The van der Waals surface area contributed by atoms with Crippen molar-refractivity contribution in [2.24, 2.45) is 0 Å². The first-order chi connectivity index (χ1) is 16.3. The highest BCUT2D eigenvalue weighted by Gasteiger charge is 2.36. The number of rotatable bonds is 6. The largest absolute Gasteiger partial charge is 0.416 e. The van der Waals surface area contributed by atoms with E-state index in [1.807, 2.05) is 24.3 Å². The molecule has 0 bridgehead atoms. The lowest BCUT2D eigenvalue weighted by Crippen LogP contribution is -2.43. The molecule has 1 fully saturated rings. The number of hydrogen-bond donors (Lipinski definition) is 0. The van der Waals surface area contributed by atoms with E-state index in [2.05, 4.69) is 29.1 Å². The maximum Gasteiger partial charge on any atom is 0.416 e. The van der Waals surface area contributed by atoms with Crippen LogP contribution in [-0.2, 0) is 22.9 Å². The number of hydrogen-bond acceptors (Lipinski definition) is 4. The Morgan fingerprint density at radius 1 is 1.03 bits per heavy atom. The van der Waals surface area contributed by atoms with Gasteiger partial charge in [0.05, 0.1) is 41.8 Å². The number of benzene rings is 2. The van der Waals surface area contributed by atoms with Crippen LogP contribution in [-0.4, -0.2) is 36.6 Å². The Bertz CT molecular complexity index is 1150. The number of likely N-dealkylation sites (tertiary alicyclic amines) is 1. The molecule has 4 nitrogen and oxygen atoms in total. The summed E-state index contributed by atoms with van der Waals surface area (Å²) in [6, 6.07) is 20.6. The normalized spacial score (nSPS) is 16.2. The zero-order valence-corrected chi connectivity index (χ0v) is 19.0. The van der Waals surface area contributed by atoms with Crippen LogP contribution in [0.15, 0.2) is 66.7 Å². The van der Waals surface area contributed by atoms with Gasteiger partial charge in [-0.1, -0.05) is 42.5 Å². The molecule has 7 heteroatoms. The van der Waals surface area contributed by atoms with E-state index >= 15 is 0 Å². The SMILES string of the molecule is CN1CCC(COCc2cc(C(F)(F)F)cc(-c3ccc(C#N)cc3)n2)(c2ccccc2)CC1. The third-order valence-electron chi connectivity index (χ3n) is 6.47. The summed E-state index contributed by atoms with van der Waals surface area (Å²) in [5, 5.41) is 8.98. The molecule has 0 spiro atoms. The second-order valence-corrected chi connectivity index (χ2v) is 8.86. The molecule has 0 amide bonds. The summed E-state index contributed by atoms with van der Waals surface area (Å²) in [5.41, 5.74) is 1.63. The van der Waals surface area contributed by atoms with E-state index in [1.165, 1.54) is 5.56 Å². The zero-order valence-electron chi connectivity index (χ0n) is 19.0. The van der Waals surface area contributed by atoms with E-state index in [1.54, 1.807) is 24.3 Å². The van der Waals surface area contributed by atoms with Gasteiger partial charge in [0.15, 0.2) is 0 Å². The fourth-order valence-corrected chi connectivity index (χ4v) is 4.39. The molecule has 3 aromatic rings. The van der Waals surface area contributed by atoms with Crippen molar-refractivity contribution in [1.29, 1.82) is 5.26 Å². The average Bonchev–Trinajstić information content (AvgIpc) is 2.85. The molecule has 2 aromatic carbocycles. The van der Waals surface area contributed by atoms with Gasteiger partial charge in [-0.2, -0.15) is 18.4 Å². The molecule has 0 unspecified atom stereocenters. The van der Waals surface area contributed by atoms with Crippen LogP contribution in [0, 0.1) is 11.3 Å². The van der Waals surface area contributed by atoms with Gasteiger partial charge in [0.2, 0.25) is 0 Å². The smallest absolute Gasteiger partial charge is 0.374 e. The van der Waals surface area contributed by atoms with Gasteiger partial charge >= 0.3 is 6.18 Å². The number of alkyl halides is 3. The lowest BCUT2D eigenvalue weighted by molar-refractivity contribution is -0.137. The van der Waals surface area contributed by atoms with Crippen molar-refractivity contribution in [2.45, 2.75) is 31.0 Å². The monoisotopic (exact) mass is 465 g/mol. The minimum atomic E-state index is -4.50. The van der Waals surface area contributed by atoms with Gasteiger partial charge < -0.3 is 9.64 Å². The van der Waals surface area contributed by atoms with E-state index in [0.717, 1.165) is 38.1 Å². The summed E-state index contributed by atoms with van der Waals surface area (Å²) in [6.07, 6.45) is -2.67. The van der Waals surface area contributed by atoms with E-state index in [-0.39, 0.29) is 23.4 Å². The Labute approximate surface area is 197 Å². The van der Waals surface area contributed by atoms with Crippen LogP contribution in [0.5, 0.6) is 0 Å². The van der Waals surface area contributed by atoms with Gasteiger partial charge in [0, 0.05) is 11.0 Å². The topological polar surface area (TPSA) is 49.1 Å². The van der Waals surface area contributed by atoms with Gasteiger partial charge in [-0.05, 0) is 62.8 Å². The summed E-state index contributed by atoms with van der Waals surface area (Å²) < 4.78 is 46.8. The van der Waals surface area contributed by atoms with Gasteiger partial charge in [0.25, 0.3) is 0 Å². The van der Waals surface area contributed by atoms with Crippen LogP contribution < -0.4 is 0 Å². The minimum Gasteiger partial charge on any atom is -0.374 e. The summed E-state index contributed by atoms with van der Waals surface area (Å²) in [5.74, 6) is 0. The highest BCUT2D eigenvalue weighted by molar-refractivity contribution is 5.61. The third-order valence-corrected chi connectivity index (χ3v) is 6.47. The van der Waals surface area contributed by atoms with Crippen LogP contribution in [0.1, 0.15) is 35.2 Å². The molecule has 1 aromatic heterocycles. The molecule has 1 aliphatic rings. The first kappa shape index (κ1) is 23.9. The molecule has 1 aliphatic heterocycles. The number of pyridine rings is 1. The van der Waals surface area contributed by atoms with Gasteiger partial charge in [0.1, 0.15) is 0 Å². The van der Waals surface area contributed by atoms with E-state index in [9.17, 15) is 13.2 Å². The van der Waals surface area contributed by atoms with Crippen LogP contribution in [0.2, 0.25) is 0 Å². The Hall–Kier alpha value is -3.21. The lowest BCUT2D eigenvalue weighted by atomic mass is 9.73. The molecule has 4 rings (SSSR count). The summed E-state index contributed by atoms with van der Waals surface area (Å²) in [4.78, 5) is 6.72. The predicted octanol–water partition coefficient (Wildman–Crippen LogP) is 5.82. The standard InChI is InChI=1S/C27H26F3N3O/c1-33-13-11-26(12-14-33,22-5-3-2-4-6-22)19-34-18-24-15-23(27(28,29)30)16-25(32-24)21-9-7-20(17-31)8-10-21/h2-10,15-16H,11-14,18-19H2,1H3. The lowest BCUT2D eigenvalue weighted by Gasteiger charge is -2.41. The number of piperidine rings is 1. The zero-order chi connectivity index (χ0) is 24.2. The summed E-state index contributed by atoms with van der Waals surface area (Å²) in [7, 11) is 2.09. The van der Waals surface area contributed by atoms with Crippen molar-refractivity contribution in [3.63, 3.8) is 0 Å². The number of aromatic nitrogens is 1. The van der Waals surface area contributed by atoms with Gasteiger partial charge in [-0.15, -0.1) is 0 Å². The van der Waals surface area contributed by atoms with Crippen molar-refractivity contribution in [2.75, 3.05) is 26.7 Å². The Kier molecular flexibility index (Phi) is 7.01. The van der Waals surface area contributed by atoms with Crippen molar-refractivity contribution in [1.82, 2.24) is 9.88 Å². The maximum absolute atomic E-state index is 13.6. The molecule has 1 saturated heterocycles. The minimum absolute atomic E-state index is 0.0162. The average molecular weight is 466 g/mol. The van der Waals surface area contributed by atoms with E-state index in [0.29, 0.717) is 17.7 Å². The van der Waals surface area contributed by atoms with Crippen molar-refractivity contribution in [3.8, 4) is 17.3 Å². The van der Waals surface area contributed by atoms with Gasteiger partial charge in [-0.25, -0.2) is 0 Å². The number of ether oxygens (including phenoxy) is 1. The fourth-order valence-electron chi connectivity index (χ4n) is 4.39. The molecule has 0 atom stereocenters. The molecular weight excluding hydrogens is 439 g/mol. The fraction of sp³-hybridized carbons (Fsp3) is 0.333. The molecule has 0 radical (unpaired) electrons. The summed E-state index contributed by atoms with van der Waals surface area (Å²) >= 11 is 0.